The number of sulfone groups is 1. The highest BCUT2D eigenvalue weighted by Crippen LogP contribution is 2.38. The minimum absolute atomic E-state index is 0.00697. The minimum atomic E-state index is -4.41. The number of halogens is 3. The van der Waals surface area contributed by atoms with Crippen molar-refractivity contribution >= 4 is 43.5 Å². The van der Waals surface area contributed by atoms with E-state index in [2.05, 4.69) is 9.97 Å². The number of benzene rings is 2. The number of aromatic nitrogens is 3. The van der Waals surface area contributed by atoms with E-state index in [1.165, 1.54) is 18.2 Å². The summed E-state index contributed by atoms with van der Waals surface area (Å²) in [7, 11) is -1.94. The van der Waals surface area contributed by atoms with Crippen molar-refractivity contribution < 1.29 is 21.6 Å². The second kappa shape index (κ2) is 7.28. The molecule has 0 aliphatic carbocycles. The van der Waals surface area contributed by atoms with Crippen molar-refractivity contribution in [1.82, 2.24) is 14.5 Å². The number of imidazole rings is 1. The SMILES string of the molecule is CCS(=O)(=O)c1cc2ccccc2nc1-c1nc2cc(SC(F)(F)F)ccc2n1C. The Kier molecular flexibility index (Phi) is 5.01. The number of para-hydroxylation sites is 1. The van der Waals surface area contributed by atoms with Crippen molar-refractivity contribution in [3.8, 4) is 11.5 Å². The lowest BCUT2D eigenvalue weighted by Gasteiger charge is -2.10. The molecule has 0 aliphatic rings. The summed E-state index contributed by atoms with van der Waals surface area (Å²) in [6.45, 7) is 1.55. The van der Waals surface area contributed by atoms with Gasteiger partial charge in [0.25, 0.3) is 0 Å². The zero-order chi connectivity index (χ0) is 21.7. The highest BCUT2D eigenvalue weighted by molar-refractivity contribution is 8.00. The van der Waals surface area contributed by atoms with Crippen LogP contribution in [0.5, 0.6) is 0 Å². The van der Waals surface area contributed by atoms with Gasteiger partial charge < -0.3 is 4.57 Å². The summed E-state index contributed by atoms with van der Waals surface area (Å²) in [5, 5.41) is 0.677. The lowest BCUT2D eigenvalue weighted by molar-refractivity contribution is -0.0328. The first-order chi connectivity index (χ1) is 14.1. The summed E-state index contributed by atoms with van der Waals surface area (Å²) in [5.74, 6) is 0.160. The summed E-state index contributed by atoms with van der Waals surface area (Å²) in [4.78, 5) is 9.05. The van der Waals surface area contributed by atoms with Crippen molar-refractivity contribution in [2.75, 3.05) is 5.75 Å². The third kappa shape index (κ3) is 3.77. The van der Waals surface area contributed by atoms with Crippen LogP contribution in [0.15, 0.2) is 58.3 Å². The standard InChI is InChI=1S/C20H16F3N3O2S2/c1-3-30(27,28)17-10-12-6-4-5-7-14(12)24-18(17)19-25-15-11-13(29-20(21,22)23)8-9-16(15)26(19)2/h4-11H,3H2,1-2H3. The van der Waals surface area contributed by atoms with Crippen LogP contribution in [0, 0.1) is 0 Å². The molecule has 0 saturated heterocycles. The van der Waals surface area contributed by atoms with E-state index in [0.29, 0.717) is 21.9 Å². The molecule has 0 radical (unpaired) electrons. The molecule has 0 bridgehead atoms. The molecule has 0 unspecified atom stereocenters. The first-order valence-electron chi connectivity index (χ1n) is 8.94. The average molecular weight is 451 g/mol. The average Bonchev–Trinajstić information content (AvgIpc) is 3.01. The van der Waals surface area contributed by atoms with Gasteiger partial charge in [0.2, 0.25) is 0 Å². The lowest BCUT2D eigenvalue weighted by atomic mass is 10.2. The number of aryl methyl sites for hydroxylation is 1. The van der Waals surface area contributed by atoms with E-state index in [1.54, 1.807) is 48.9 Å². The van der Waals surface area contributed by atoms with Gasteiger partial charge >= 0.3 is 5.51 Å². The van der Waals surface area contributed by atoms with Crippen LogP contribution in [0.1, 0.15) is 6.92 Å². The van der Waals surface area contributed by atoms with E-state index < -0.39 is 15.3 Å². The zero-order valence-corrected chi connectivity index (χ0v) is 17.6. The maximum atomic E-state index is 12.8. The number of fused-ring (bicyclic) bond motifs is 2. The van der Waals surface area contributed by atoms with E-state index in [-0.39, 0.29) is 38.8 Å². The van der Waals surface area contributed by atoms with Crippen LogP contribution in [0.4, 0.5) is 13.2 Å². The van der Waals surface area contributed by atoms with Crippen LogP contribution in [0.2, 0.25) is 0 Å². The van der Waals surface area contributed by atoms with Gasteiger partial charge in [-0.15, -0.1) is 0 Å². The van der Waals surface area contributed by atoms with Crippen molar-refractivity contribution in [3.05, 3.63) is 48.5 Å². The van der Waals surface area contributed by atoms with Crippen LogP contribution in [0.3, 0.4) is 0 Å². The largest absolute Gasteiger partial charge is 0.446 e. The Balaban J connectivity index is 1.97. The second-order valence-electron chi connectivity index (χ2n) is 6.62. The fraction of sp³-hybridized carbons (Fsp3) is 0.200. The third-order valence-corrected chi connectivity index (χ3v) is 7.16. The van der Waals surface area contributed by atoms with E-state index in [1.807, 2.05) is 0 Å². The molecule has 2 aromatic heterocycles. The molecule has 2 heterocycles. The topological polar surface area (TPSA) is 64.8 Å². The number of pyridine rings is 1. The Morgan fingerprint density at radius 1 is 1.03 bits per heavy atom. The third-order valence-electron chi connectivity index (χ3n) is 4.70. The predicted octanol–water partition coefficient (Wildman–Crippen LogP) is 5.19. The fourth-order valence-corrected chi connectivity index (χ4v) is 4.86. The first-order valence-corrected chi connectivity index (χ1v) is 11.4. The maximum absolute atomic E-state index is 12.8. The maximum Gasteiger partial charge on any atom is 0.446 e. The van der Waals surface area contributed by atoms with Gasteiger partial charge in [-0.3, -0.25) is 0 Å². The fourth-order valence-electron chi connectivity index (χ4n) is 3.24. The van der Waals surface area contributed by atoms with Gasteiger partial charge in [-0.1, -0.05) is 25.1 Å². The minimum Gasteiger partial charge on any atom is -0.326 e. The molecule has 0 saturated carbocycles. The molecule has 0 fully saturated rings. The van der Waals surface area contributed by atoms with Gasteiger partial charge in [0.15, 0.2) is 15.7 Å². The number of rotatable bonds is 4. The smallest absolute Gasteiger partial charge is 0.326 e. The molecular formula is C20H16F3N3O2S2. The Hall–Kier alpha value is -2.59. The van der Waals surface area contributed by atoms with Gasteiger partial charge in [-0.2, -0.15) is 13.2 Å². The van der Waals surface area contributed by atoms with Crippen molar-refractivity contribution in [3.63, 3.8) is 0 Å². The Morgan fingerprint density at radius 3 is 2.47 bits per heavy atom. The lowest BCUT2D eigenvalue weighted by Crippen LogP contribution is -2.09. The number of alkyl halides is 3. The van der Waals surface area contributed by atoms with E-state index in [9.17, 15) is 21.6 Å². The number of thioether (sulfide) groups is 1. The van der Waals surface area contributed by atoms with Crippen molar-refractivity contribution in [2.45, 2.75) is 22.2 Å². The highest BCUT2D eigenvalue weighted by atomic mass is 32.2. The van der Waals surface area contributed by atoms with Crippen molar-refractivity contribution in [1.29, 1.82) is 0 Å². The molecule has 0 amide bonds. The van der Waals surface area contributed by atoms with Crippen molar-refractivity contribution in [2.24, 2.45) is 7.05 Å². The van der Waals surface area contributed by atoms with Gasteiger partial charge in [-0.25, -0.2) is 18.4 Å². The quantitative estimate of drug-likeness (QED) is 0.400. The summed E-state index contributed by atoms with van der Waals surface area (Å²) in [6.07, 6.45) is 0. The Bertz CT molecular complexity index is 1380. The normalized spacial score (nSPS) is 12.7. The molecule has 5 nitrogen and oxygen atoms in total. The van der Waals surface area contributed by atoms with E-state index in [4.69, 9.17) is 0 Å². The molecule has 2 aromatic carbocycles. The zero-order valence-electron chi connectivity index (χ0n) is 15.9. The summed E-state index contributed by atoms with van der Waals surface area (Å²) in [6, 6.07) is 12.9. The van der Waals surface area contributed by atoms with Crippen LogP contribution in [0.25, 0.3) is 33.5 Å². The van der Waals surface area contributed by atoms with Gasteiger partial charge in [0, 0.05) is 17.3 Å². The molecule has 30 heavy (non-hydrogen) atoms. The number of nitrogens with zero attached hydrogens (tertiary/aromatic N) is 3. The highest BCUT2D eigenvalue weighted by Gasteiger charge is 2.30. The van der Waals surface area contributed by atoms with E-state index >= 15 is 0 Å². The Morgan fingerprint density at radius 2 is 1.77 bits per heavy atom. The monoisotopic (exact) mass is 451 g/mol. The van der Waals surface area contributed by atoms with E-state index in [0.717, 1.165) is 0 Å². The molecule has 0 N–H and O–H groups in total. The molecular weight excluding hydrogens is 435 g/mol. The van der Waals surface area contributed by atoms with Gasteiger partial charge in [0.1, 0.15) is 5.69 Å². The van der Waals surface area contributed by atoms with Gasteiger partial charge in [-0.05, 0) is 42.1 Å². The van der Waals surface area contributed by atoms with Crippen LogP contribution < -0.4 is 0 Å². The molecule has 4 rings (SSSR count). The molecule has 0 aliphatic heterocycles. The van der Waals surface area contributed by atoms with Crippen LogP contribution >= 0.6 is 11.8 Å². The summed E-state index contributed by atoms with van der Waals surface area (Å²) in [5.41, 5.74) is -2.72. The molecule has 0 spiro atoms. The van der Waals surface area contributed by atoms with Gasteiger partial charge in [0.05, 0.1) is 27.2 Å². The second-order valence-corrected chi connectivity index (χ2v) is 10.0. The Labute approximate surface area is 174 Å². The molecule has 10 heteroatoms. The molecule has 4 aromatic rings. The van der Waals surface area contributed by atoms with Crippen LogP contribution in [-0.2, 0) is 16.9 Å². The number of hydrogen-bond donors (Lipinski definition) is 0. The number of hydrogen-bond acceptors (Lipinski definition) is 5. The summed E-state index contributed by atoms with van der Waals surface area (Å²) >= 11 is -0.221. The molecule has 156 valence electrons. The first kappa shape index (κ1) is 20.7. The summed E-state index contributed by atoms with van der Waals surface area (Å²) < 4.78 is 65.4. The predicted molar refractivity (Wildman–Crippen MR) is 111 cm³/mol. The van der Waals surface area contributed by atoms with Crippen LogP contribution in [-0.4, -0.2) is 34.2 Å². The molecule has 0 atom stereocenters.